The second-order valence-corrected chi connectivity index (χ2v) is 12.3. The van der Waals surface area contributed by atoms with Gasteiger partial charge in [-0.05, 0) is 80.9 Å². The van der Waals surface area contributed by atoms with Crippen LogP contribution in [-0.4, -0.2) is 69.9 Å². The molecule has 14 heteroatoms. The number of benzene rings is 2. The van der Waals surface area contributed by atoms with E-state index < -0.39 is 23.7 Å². The van der Waals surface area contributed by atoms with Crippen LogP contribution in [0.5, 0.6) is 6.01 Å². The van der Waals surface area contributed by atoms with Crippen molar-refractivity contribution in [1.29, 1.82) is 0 Å². The molecule has 1 aliphatic heterocycles. The van der Waals surface area contributed by atoms with E-state index >= 15 is 0 Å². The number of esters is 1. The Morgan fingerprint density at radius 1 is 1.02 bits per heavy atom. The highest BCUT2D eigenvalue weighted by atomic mass is 35.5. The number of imidazole rings is 1. The number of ether oxygens (including phenoxy) is 1. The monoisotopic (exact) mass is 644 g/mol. The molecule has 4 heterocycles. The number of hydrogen-bond donors (Lipinski definition) is 0. The van der Waals surface area contributed by atoms with Gasteiger partial charge in [0.15, 0.2) is 0 Å². The van der Waals surface area contributed by atoms with Crippen LogP contribution in [0.3, 0.4) is 0 Å². The van der Waals surface area contributed by atoms with Crippen LogP contribution >= 0.6 is 22.9 Å². The Labute approximate surface area is 259 Å². The number of rotatable bonds is 8. The van der Waals surface area contributed by atoms with Gasteiger partial charge in [0, 0.05) is 30.5 Å². The topological polar surface area (TPSA) is 85.5 Å². The second kappa shape index (κ2) is 11.9. The molecule has 0 radical (unpaired) electrons. The van der Waals surface area contributed by atoms with Crippen LogP contribution in [0.2, 0.25) is 5.02 Å². The molecule has 230 valence electrons. The van der Waals surface area contributed by atoms with Crippen LogP contribution in [0, 0.1) is 0 Å². The highest BCUT2D eigenvalue weighted by Crippen LogP contribution is 2.34. The van der Waals surface area contributed by atoms with Crippen LogP contribution in [0.15, 0.2) is 53.3 Å². The third-order valence-electron chi connectivity index (χ3n) is 7.49. The third-order valence-corrected chi connectivity index (χ3v) is 8.90. The van der Waals surface area contributed by atoms with Gasteiger partial charge in [-0.25, -0.2) is 14.3 Å². The number of likely N-dealkylation sites (tertiary alicyclic amines) is 1. The van der Waals surface area contributed by atoms with Crippen LogP contribution < -0.4 is 15.2 Å². The predicted molar refractivity (Wildman–Crippen MR) is 165 cm³/mol. The molecule has 1 saturated heterocycles. The summed E-state index contributed by atoms with van der Waals surface area (Å²) < 4.78 is 47.6. The van der Waals surface area contributed by atoms with Gasteiger partial charge in [0.25, 0.3) is 5.56 Å². The van der Waals surface area contributed by atoms with E-state index in [2.05, 4.69) is 14.5 Å². The number of alkyl halides is 3. The van der Waals surface area contributed by atoms with Crippen molar-refractivity contribution in [1.82, 2.24) is 24.0 Å². The van der Waals surface area contributed by atoms with Gasteiger partial charge in [0.05, 0.1) is 22.2 Å². The first kappa shape index (κ1) is 30.1. The molecule has 0 N–H and O–H groups in total. The maximum absolute atomic E-state index is 13.9. The number of halogens is 4. The fourth-order valence-electron chi connectivity index (χ4n) is 5.42. The summed E-state index contributed by atoms with van der Waals surface area (Å²) in [4.78, 5) is 39.7. The standard InChI is InChI=1S/C30H28ClF3N6O3S/c1-37(2)28-35-21-16-20(10-11-23(21)39(28)15-5-14-38-12-3-4-13-38)40-26(41)25-22(36-29(40)43-27(42)30(32,33)34)17-24(44-25)18-6-8-19(31)9-7-18/h6-11,16-17H,3-5,12-15H2,1-2H3. The molecular formula is C30H28ClF3N6O3S. The summed E-state index contributed by atoms with van der Waals surface area (Å²) in [7, 11) is 3.76. The van der Waals surface area contributed by atoms with Crippen molar-refractivity contribution in [2.75, 3.05) is 38.6 Å². The summed E-state index contributed by atoms with van der Waals surface area (Å²) in [5.74, 6) is -1.78. The number of carbonyl (C=O) groups excluding carboxylic acids is 1. The zero-order valence-electron chi connectivity index (χ0n) is 23.9. The minimum atomic E-state index is -5.29. The van der Waals surface area contributed by atoms with Gasteiger partial charge in [0.1, 0.15) is 4.70 Å². The minimum absolute atomic E-state index is 0.101. The zero-order chi connectivity index (χ0) is 31.2. The lowest BCUT2D eigenvalue weighted by atomic mass is 10.2. The Morgan fingerprint density at radius 2 is 1.75 bits per heavy atom. The number of aromatic nitrogens is 4. The first-order chi connectivity index (χ1) is 21.0. The molecule has 0 atom stereocenters. The normalized spacial score (nSPS) is 14.1. The van der Waals surface area contributed by atoms with Gasteiger partial charge >= 0.3 is 18.2 Å². The molecule has 0 aliphatic carbocycles. The highest BCUT2D eigenvalue weighted by Gasteiger charge is 2.42. The van der Waals surface area contributed by atoms with E-state index in [1.807, 2.05) is 19.0 Å². The number of anilines is 1. The summed E-state index contributed by atoms with van der Waals surface area (Å²) in [6.07, 6.45) is -1.94. The van der Waals surface area contributed by atoms with Crippen molar-refractivity contribution in [3.8, 4) is 22.1 Å². The zero-order valence-corrected chi connectivity index (χ0v) is 25.5. The molecule has 1 fully saturated rings. The molecule has 0 saturated carbocycles. The molecule has 0 amide bonds. The summed E-state index contributed by atoms with van der Waals surface area (Å²) >= 11 is 7.13. The average Bonchev–Trinajstić information content (AvgIpc) is 3.72. The van der Waals surface area contributed by atoms with Gasteiger partial charge in [-0.1, -0.05) is 23.7 Å². The van der Waals surface area contributed by atoms with Crippen molar-refractivity contribution >= 4 is 56.1 Å². The van der Waals surface area contributed by atoms with E-state index in [1.165, 1.54) is 12.8 Å². The number of hydrogen-bond acceptors (Lipinski definition) is 8. The molecule has 6 rings (SSSR count). The average molecular weight is 645 g/mol. The molecule has 44 heavy (non-hydrogen) atoms. The molecule has 2 aromatic carbocycles. The lowest BCUT2D eigenvalue weighted by Crippen LogP contribution is -2.31. The van der Waals surface area contributed by atoms with E-state index in [-0.39, 0.29) is 15.9 Å². The number of nitrogens with zero attached hydrogens (tertiary/aromatic N) is 6. The lowest BCUT2D eigenvalue weighted by Gasteiger charge is -2.18. The van der Waals surface area contributed by atoms with E-state index in [9.17, 15) is 22.8 Å². The first-order valence-corrected chi connectivity index (χ1v) is 15.2. The molecule has 5 aromatic rings. The van der Waals surface area contributed by atoms with Crippen LogP contribution in [0.25, 0.3) is 37.4 Å². The molecule has 0 unspecified atom stereocenters. The lowest BCUT2D eigenvalue weighted by molar-refractivity contribution is -0.190. The van der Waals surface area contributed by atoms with Gasteiger partial charge in [-0.15, -0.1) is 11.3 Å². The molecule has 3 aromatic heterocycles. The Hall–Kier alpha value is -3.94. The third kappa shape index (κ3) is 5.91. The number of fused-ring (bicyclic) bond motifs is 2. The number of aryl methyl sites for hydroxylation is 1. The number of carbonyl (C=O) groups is 1. The highest BCUT2D eigenvalue weighted by molar-refractivity contribution is 7.22. The molecule has 0 spiro atoms. The van der Waals surface area contributed by atoms with Crippen molar-refractivity contribution in [2.24, 2.45) is 0 Å². The summed E-state index contributed by atoms with van der Waals surface area (Å²) in [5, 5.41) is 0.526. The van der Waals surface area contributed by atoms with Gasteiger partial charge < -0.3 is 19.1 Å². The van der Waals surface area contributed by atoms with E-state index in [0.29, 0.717) is 27.9 Å². The Kier molecular flexibility index (Phi) is 8.12. The molecule has 9 nitrogen and oxygen atoms in total. The van der Waals surface area contributed by atoms with Crippen molar-refractivity contribution in [3.63, 3.8) is 0 Å². The van der Waals surface area contributed by atoms with Gasteiger partial charge in [-0.2, -0.15) is 18.2 Å². The van der Waals surface area contributed by atoms with Crippen LogP contribution in [-0.2, 0) is 11.3 Å². The summed E-state index contributed by atoms with van der Waals surface area (Å²) in [6.45, 7) is 3.89. The van der Waals surface area contributed by atoms with E-state index in [1.54, 1.807) is 48.5 Å². The van der Waals surface area contributed by atoms with Crippen molar-refractivity contribution in [2.45, 2.75) is 32.0 Å². The van der Waals surface area contributed by atoms with Crippen LogP contribution in [0.1, 0.15) is 19.3 Å². The second-order valence-electron chi connectivity index (χ2n) is 10.8. The largest absolute Gasteiger partial charge is 0.491 e. The quantitative estimate of drug-likeness (QED) is 0.188. The fraction of sp³-hybridized carbons (Fsp3) is 0.333. The van der Waals surface area contributed by atoms with E-state index in [0.717, 1.165) is 53.0 Å². The SMILES string of the molecule is CN(C)c1nc2cc(-n3c(OC(=O)C(F)(F)F)nc4cc(-c5ccc(Cl)cc5)sc4c3=O)ccc2n1CCCN1CCCC1. The van der Waals surface area contributed by atoms with Crippen molar-refractivity contribution in [3.05, 3.63) is 63.9 Å². The van der Waals surface area contributed by atoms with Gasteiger partial charge in [0.2, 0.25) is 5.95 Å². The van der Waals surface area contributed by atoms with Crippen molar-refractivity contribution < 1.29 is 22.7 Å². The molecular weight excluding hydrogens is 617 g/mol. The maximum atomic E-state index is 13.9. The Morgan fingerprint density at radius 3 is 2.43 bits per heavy atom. The van der Waals surface area contributed by atoms with Crippen LogP contribution in [0.4, 0.5) is 19.1 Å². The molecule has 1 aliphatic rings. The Balaban J connectivity index is 1.44. The van der Waals surface area contributed by atoms with Gasteiger partial charge in [-0.3, -0.25) is 4.79 Å². The minimum Gasteiger partial charge on any atom is -0.385 e. The van der Waals surface area contributed by atoms with E-state index in [4.69, 9.17) is 21.3 Å². The predicted octanol–water partition coefficient (Wildman–Crippen LogP) is 6.14. The molecule has 0 bridgehead atoms. The first-order valence-electron chi connectivity index (χ1n) is 14.0. The maximum Gasteiger partial charge on any atom is 0.491 e. The fourth-order valence-corrected chi connectivity index (χ4v) is 6.58. The summed E-state index contributed by atoms with van der Waals surface area (Å²) in [6, 6.07) is 12.6. The smallest absolute Gasteiger partial charge is 0.385 e. The number of thiophene rings is 1. The Bertz CT molecular complexity index is 1910. The summed E-state index contributed by atoms with van der Waals surface area (Å²) in [5.41, 5.74) is 1.66.